The summed E-state index contributed by atoms with van der Waals surface area (Å²) in [6.45, 7) is -0.457. The minimum Gasteiger partial charge on any atom is -0.480 e. The van der Waals surface area contributed by atoms with E-state index in [0.29, 0.717) is 5.82 Å². The highest BCUT2D eigenvalue weighted by Crippen LogP contribution is 1.99. The Labute approximate surface area is 89.6 Å². The summed E-state index contributed by atoms with van der Waals surface area (Å²) in [6, 6.07) is 2.77. The van der Waals surface area contributed by atoms with Gasteiger partial charge in [-0.25, -0.2) is 9.67 Å². The number of aliphatic carboxylic acids is 1. The lowest BCUT2D eigenvalue weighted by atomic mass is 10.5. The van der Waals surface area contributed by atoms with Crippen molar-refractivity contribution in [1.82, 2.24) is 19.3 Å². The molecule has 0 spiro atoms. The quantitative estimate of drug-likeness (QED) is 0.754. The number of aromatic nitrogens is 4. The van der Waals surface area contributed by atoms with Crippen LogP contribution in [0.15, 0.2) is 35.6 Å². The first-order chi connectivity index (χ1) is 7.66. The highest BCUT2D eigenvalue weighted by molar-refractivity contribution is 5.66. The molecule has 1 N–H and O–H groups in total. The molecule has 0 unspecified atom stereocenters. The van der Waals surface area contributed by atoms with E-state index < -0.39 is 18.1 Å². The molecule has 2 aromatic rings. The summed E-state index contributed by atoms with van der Waals surface area (Å²) >= 11 is 0. The van der Waals surface area contributed by atoms with Gasteiger partial charge in [-0.2, -0.15) is 5.10 Å². The van der Waals surface area contributed by atoms with Crippen LogP contribution in [0, 0.1) is 0 Å². The molecule has 0 bridgehead atoms. The van der Waals surface area contributed by atoms with Crippen LogP contribution in [0.2, 0.25) is 0 Å². The van der Waals surface area contributed by atoms with E-state index in [1.165, 1.54) is 18.5 Å². The molecule has 2 aromatic heterocycles. The summed E-state index contributed by atoms with van der Waals surface area (Å²) in [5, 5.41) is 12.5. The first kappa shape index (κ1) is 10.1. The average molecular weight is 220 g/mol. The second kappa shape index (κ2) is 3.97. The molecule has 0 radical (unpaired) electrons. The largest absolute Gasteiger partial charge is 0.480 e. The second-order valence-corrected chi connectivity index (χ2v) is 3.05. The Kier molecular flexibility index (Phi) is 2.50. The number of hydrogen-bond acceptors (Lipinski definition) is 4. The minimum absolute atomic E-state index is 0.443. The lowest BCUT2D eigenvalue weighted by Gasteiger charge is -2.04. The Morgan fingerprint density at radius 3 is 2.88 bits per heavy atom. The zero-order valence-corrected chi connectivity index (χ0v) is 8.15. The molecule has 0 aliphatic rings. The Morgan fingerprint density at radius 1 is 1.44 bits per heavy atom. The van der Waals surface area contributed by atoms with E-state index in [9.17, 15) is 9.59 Å². The molecule has 0 aromatic carbocycles. The number of carboxylic acid groups (broad SMARTS) is 1. The van der Waals surface area contributed by atoms with Gasteiger partial charge in [0.1, 0.15) is 12.9 Å². The summed E-state index contributed by atoms with van der Waals surface area (Å²) in [5.41, 5.74) is -0.453. The molecule has 16 heavy (non-hydrogen) atoms. The van der Waals surface area contributed by atoms with Crippen molar-refractivity contribution in [2.45, 2.75) is 6.54 Å². The number of rotatable bonds is 3. The summed E-state index contributed by atoms with van der Waals surface area (Å²) < 4.78 is 2.47. The number of hydrogen-bond donors (Lipinski definition) is 1. The minimum atomic E-state index is -1.11. The van der Waals surface area contributed by atoms with Crippen molar-refractivity contribution in [3.63, 3.8) is 0 Å². The fourth-order valence-corrected chi connectivity index (χ4v) is 1.21. The van der Waals surface area contributed by atoms with Crippen LogP contribution in [0.5, 0.6) is 0 Å². The van der Waals surface area contributed by atoms with Gasteiger partial charge >= 0.3 is 5.97 Å². The zero-order valence-electron chi connectivity index (χ0n) is 8.15. The number of imidazole rings is 1. The Hall–Kier alpha value is -2.44. The maximum absolute atomic E-state index is 11.3. The van der Waals surface area contributed by atoms with Crippen molar-refractivity contribution in [1.29, 1.82) is 0 Å². The van der Waals surface area contributed by atoms with Gasteiger partial charge in [0.05, 0.1) is 0 Å². The molecule has 0 aliphatic heterocycles. The molecular weight excluding hydrogens is 212 g/mol. The molecule has 0 amide bonds. The lowest BCUT2D eigenvalue weighted by molar-refractivity contribution is -0.138. The van der Waals surface area contributed by atoms with Gasteiger partial charge in [-0.3, -0.25) is 14.2 Å². The fourth-order valence-electron chi connectivity index (χ4n) is 1.21. The van der Waals surface area contributed by atoms with Crippen LogP contribution in [0.4, 0.5) is 0 Å². The number of nitrogens with zero attached hydrogens (tertiary/aromatic N) is 4. The topological polar surface area (TPSA) is 90.0 Å². The van der Waals surface area contributed by atoms with Gasteiger partial charge in [-0.15, -0.1) is 0 Å². The van der Waals surface area contributed by atoms with Crippen LogP contribution < -0.4 is 5.56 Å². The van der Waals surface area contributed by atoms with Crippen molar-refractivity contribution in [3.05, 3.63) is 41.2 Å². The third kappa shape index (κ3) is 1.97. The molecule has 0 fully saturated rings. The van der Waals surface area contributed by atoms with E-state index >= 15 is 0 Å². The SMILES string of the molecule is O=C(O)Cn1nc(-n2ccnc2)ccc1=O. The van der Waals surface area contributed by atoms with Crippen LogP contribution in [-0.2, 0) is 11.3 Å². The Bertz CT molecular complexity index is 558. The highest BCUT2D eigenvalue weighted by atomic mass is 16.4. The maximum atomic E-state index is 11.3. The number of carbonyl (C=O) groups is 1. The third-order valence-corrected chi connectivity index (χ3v) is 1.91. The molecule has 0 aliphatic carbocycles. The zero-order chi connectivity index (χ0) is 11.5. The Morgan fingerprint density at radius 2 is 2.25 bits per heavy atom. The van der Waals surface area contributed by atoms with Gasteiger partial charge in [0.15, 0.2) is 5.82 Å². The lowest BCUT2D eigenvalue weighted by Crippen LogP contribution is -2.26. The summed E-state index contributed by atoms with van der Waals surface area (Å²) in [6.07, 6.45) is 4.73. The van der Waals surface area contributed by atoms with Crippen molar-refractivity contribution in [2.24, 2.45) is 0 Å². The molecule has 2 rings (SSSR count). The van der Waals surface area contributed by atoms with Crippen molar-refractivity contribution in [3.8, 4) is 5.82 Å². The van der Waals surface area contributed by atoms with Crippen LogP contribution in [0.1, 0.15) is 0 Å². The summed E-state index contributed by atoms with van der Waals surface area (Å²) in [7, 11) is 0. The molecule has 0 saturated heterocycles. The van der Waals surface area contributed by atoms with Crippen LogP contribution >= 0.6 is 0 Å². The van der Waals surface area contributed by atoms with Gasteiger partial charge < -0.3 is 5.11 Å². The van der Waals surface area contributed by atoms with Gasteiger partial charge in [-0.1, -0.05) is 0 Å². The van der Waals surface area contributed by atoms with E-state index in [2.05, 4.69) is 10.1 Å². The van der Waals surface area contributed by atoms with Crippen molar-refractivity contribution >= 4 is 5.97 Å². The maximum Gasteiger partial charge on any atom is 0.325 e. The standard InChI is InChI=1S/C9H8N4O3/c14-8-2-1-7(12-4-3-10-6-12)11-13(8)5-9(15)16/h1-4,6H,5H2,(H,15,16). The number of carboxylic acids is 1. The van der Waals surface area contributed by atoms with E-state index in [-0.39, 0.29) is 0 Å². The molecule has 7 nitrogen and oxygen atoms in total. The molecule has 2 heterocycles. The van der Waals surface area contributed by atoms with Crippen molar-refractivity contribution in [2.75, 3.05) is 0 Å². The van der Waals surface area contributed by atoms with E-state index in [1.54, 1.807) is 17.0 Å². The Balaban J connectivity index is 2.43. The van der Waals surface area contributed by atoms with Crippen molar-refractivity contribution < 1.29 is 9.90 Å². The third-order valence-electron chi connectivity index (χ3n) is 1.91. The van der Waals surface area contributed by atoms with E-state index in [4.69, 9.17) is 5.11 Å². The molecule has 82 valence electrons. The van der Waals surface area contributed by atoms with Crippen LogP contribution in [-0.4, -0.2) is 30.4 Å². The highest BCUT2D eigenvalue weighted by Gasteiger charge is 2.05. The predicted molar refractivity (Wildman–Crippen MR) is 53.3 cm³/mol. The monoisotopic (exact) mass is 220 g/mol. The van der Waals surface area contributed by atoms with Gasteiger partial charge in [-0.05, 0) is 6.07 Å². The van der Waals surface area contributed by atoms with Gasteiger partial charge in [0.2, 0.25) is 0 Å². The fraction of sp³-hybridized carbons (Fsp3) is 0.111. The van der Waals surface area contributed by atoms with Gasteiger partial charge in [0, 0.05) is 18.5 Å². The molecular formula is C9H8N4O3. The average Bonchev–Trinajstić information content (AvgIpc) is 2.73. The normalized spacial score (nSPS) is 10.2. The van der Waals surface area contributed by atoms with E-state index in [0.717, 1.165) is 4.68 Å². The molecule has 7 heteroatoms. The smallest absolute Gasteiger partial charge is 0.325 e. The van der Waals surface area contributed by atoms with E-state index in [1.807, 2.05) is 0 Å². The second-order valence-electron chi connectivity index (χ2n) is 3.05. The molecule has 0 saturated carbocycles. The predicted octanol–water partition coefficient (Wildman–Crippen LogP) is -0.486. The van der Waals surface area contributed by atoms with Gasteiger partial charge in [0.25, 0.3) is 5.56 Å². The first-order valence-electron chi connectivity index (χ1n) is 4.45. The van der Waals surface area contributed by atoms with Crippen LogP contribution in [0.25, 0.3) is 5.82 Å². The first-order valence-corrected chi connectivity index (χ1v) is 4.45. The molecule has 0 atom stereocenters. The van der Waals surface area contributed by atoms with Crippen LogP contribution in [0.3, 0.4) is 0 Å². The summed E-state index contributed by atoms with van der Waals surface area (Å²) in [4.78, 5) is 25.6. The summed E-state index contributed by atoms with van der Waals surface area (Å²) in [5.74, 6) is -0.671.